The van der Waals surface area contributed by atoms with E-state index in [1.54, 1.807) is 6.20 Å². The van der Waals surface area contributed by atoms with Crippen LogP contribution in [0.4, 0.5) is 5.69 Å². The summed E-state index contributed by atoms with van der Waals surface area (Å²) in [6, 6.07) is 19.1. The average Bonchev–Trinajstić information content (AvgIpc) is 2.77. The molecule has 0 amide bonds. The number of hydrogen-bond acceptors (Lipinski definition) is 5. The van der Waals surface area contributed by atoms with Gasteiger partial charge in [-0.3, -0.25) is 9.69 Å². The van der Waals surface area contributed by atoms with E-state index in [-0.39, 0.29) is 10.6 Å². The van der Waals surface area contributed by atoms with Gasteiger partial charge in [0.2, 0.25) is 0 Å². The SMILES string of the molecule is N#Cc1ccc(CN2CCN(c3cnn(-c4ccccc4)c(=O)c3Cl)CC2)cc1. The van der Waals surface area contributed by atoms with Crippen molar-refractivity contribution < 1.29 is 0 Å². The molecular weight excluding hydrogens is 386 g/mol. The molecule has 0 bridgehead atoms. The first kappa shape index (κ1) is 19.2. The number of para-hydroxylation sites is 1. The van der Waals surface area contributed by atoms with E-state index >= 15 is 0 Å². The van der Waals surface area contributed by atoms with E-state index in [2.05, 4.69) is 21.0 Å². The van der Waals surface area contributed by atoms with E-state index < -0.39 is 0 Å². The summed E-state index contributed by atoms with van der Waals surface area (Å²) >= 11 is 6.42. The highest BCUT2D eigenvalue weighted by Crippen LogP contribution is 2.23. The van der Waals surface area contributed by atoms with Crippen molar-refractivity contribution >= 4 is 17.3 Å². The van der Waals surface area contributed by atoms with Gasteiger partial charge in [-0.1, -0.05) is 41.9 Å². The maximum Gasteiger partial charge on any atom is 0.292 e. The van der Waals surface area contributed by atoms with Crippen molar-refractivity contribution in [2.45, 2.75) is 6.54 Å². The summed E-state index contributed by atoms with van der Waals surface area (Å²) in [6.07, 6.45) is 1.67. The maximum absolute atomic E-state index is 12.7. The van der Waals surface area contributed by atoms with Gasteiger partial charge in [-0.2, -0.15) is 15.0 Å². The summed E-state index contributed by atoms with van der Waals surface area (Å²) in [6.45, 7) is 4.09. The second-order valence-corrected chi connectivity index (χ2v) is 7.35. The third kappa shape index (κ3) is 4.16. The topological polar surface area (TPSA) is 65.2 Å². The lowest BCUT2D eigenvalue weighted by atomic mass is 10.1. The van der Waals surface area contributed by atoms with Crippen LogP contribution in [-0.4, -0.2) is 40.9 Å². The van der Waals surface area contributed by atoms with Crippen molar-refractivity contribution in [1.82, 2.24) is 14.7 Å². The highest BCUT2D eigenvalue weighted by atomic mass is 35.5. The van der Waals surface area contributed by atoms with E-state index in [4.69, 9.17) is 16.9 Å². The molecule has 0 atom stereocenters. The number of nitrogens with zero attached hydrogens (tertiary/aromatic N) is 5. The monoisotopic (exact) mass is 405 g/mol. The molecule has 4 rings (SSSR count). The quantitative estimate of drug-likeness (QED) is 0.667. The summed E-state index contributed by atoms with van der Waals surface area (Å²) in [4.78, 5) is 17.2. The Morgan fingerprint density at radius 2 is 1.69 bits per heavy atom. The van der Waals surface area contributed by atoms with Gasteiger partial charge in [-0.05, 0) is 29.8 Å². The Morgan fingerprint density at radius 1 is 1.00 bits per heavy atom. The molecule has 0 radical (unpaired) electrons. The largest absolute Gasteiger partial charge is 0.366 e. The summed E-state index contributed by atoms with van der Waals surface area (Å²) in [5.74, 6) is 0. The number of aromatic nitrogens is 2. The zero-order valence-corrected chi connectivity index (χ0v) is 16.6. The fraction of sp³-hybridized carbons (Fsp3) is 0.227. The minimum Gasteiger partial charge on any atom is -0.366 e. The molecule has 0 aliphatic carbocycles. The van der Waals surface area contributed by atoms with Gasteiger partial charge in [0.05, 0.1) is 29.2 Å². The van der Waals surface area contributed by atoms with Gasteiger partial charge in [0.25, 0.3) is 5.56 Å². The molecule has 0 spiro atoms. The lowest BCUT2D eigenvalue weighted by Gasteiger charge is -2.36. The average molecular weight is 406 g/mol. The number of hydrogen-bond donors (Lipinski definition) is 0. The Hall–Kier alpha value is -3.14. The lowest BCUT2D eigenvalue weighted by Crippen LogP contribution is -2.46. The van der Waals surface area contributed by atoms with Gasteiger partial charge >= 0.3 is 0 Å². The van der Waals surface area contributed by atoms with Crippen LogP contribution in [0.25, 0.3) is 5.69 Å². The van der Waals surface area contributed by atoms with E-state index in [1.807, 2.05) is 54.6 Å². The van der Waals surface area contributed by atoms with Crippen LogP contribution in [0.1, 0.15) is 11.1 Å². The van der Waals surface area contributed by atoms with Crippen LogP contribution in [-0.2, 0) is 6.54 Å². The first-order chi connectivity index (χ1) is 14.2. The molecule has 7 heteroatoms. The van der Waals surface area contributed by atoms with E-state index in [0.29, 0.717) is 16.9 Å². The maximum atomic E-state index is 12.7. The Bertz CT molecular complexity index is 1080. The molecule has 2 aromatic carbocycles. The molecule has 1 aromatic heterocycles. The number of rotatable bonds is 4. The Balaban J connectivity index is 1.44. The molecule has 1 aliphatic rings. The van der Waals surface area contributed by atoms with Crippen LogP contribution in [0.2, 0.25) is 5.02 Å². The van der Waals surface area contributed by atoms with Gasteiger partial charge in [-0.15, -0.1) is 0 Å². The van der Waals surface area contributed by atoms with Gasteiger partial charge in [0.1, 0.15) is 5.02 Å². The highest BCUT2D eigenvalue weighted by Gasteiger charge is 2.21. The molecule has 1 aliphatic heterocycles. The number of piperazine rings is 1. The fourth-order valence-corrected chi connectivity index (χ4v) is 3.74. The summed E-state index contributed by atoms with van der Waals surface area (Å²) in [5.41, 5.74) is 2.92. The van der Waals surface area contributed by atoms with Crippen LogP contribution in [0.5, 0.6) is 0 Å². The number of halogens is 1. The minimum atomic E-state index is -0.310. The number of benzene rings is 2. The van der Waals surface area contributed by atoms with Gasteiger partial charge < -0.3 is 4.90 Å². The number of anilines is 1. The molecule has 0 N–H and O–H groups in total. The second kappa shape index (κ2) is 8.48. The smallest absolute Gasteiger partial charge is 0.292 e. The number of nitriles is 1. The predicted molar refractivity (Wildman–Crippen MR) is 113 cm³/mol. The Labute approximate surface area is 174 Å². The summed E-state index contributed by atoms with van der Waals surface area (Å²) in [5, 5.41) is 13.4. The van der Waals surface area contributed by atoms with E-state index in [0.717, 1.165) is 32.7 Å². The fourth-order valence-electron chi connectivity index (χ4n) is 3.49. The minimum absolute atomic E-state index is 0.199. The molecule has 0 saturated carbocycles. The molecule has 146 valence electrons. The molecular formula is C22H20ClN5O. The van der Waals surface area contributed by atoms with Crippen LogP contribution in [0.3, 0.4) is 0 Å². The van der Waals surface area contributed by atoms with Crippen LogP contribution in [0.15, 0.2) is 65.6 Å². The van der Waals surface area contributed by atoms with Gasteiger partial charge in [-0.25, -0.2) is 0 Å². The normalized spacial score (nSPS) is 14.6. The summed E-state index contributed by atoms with van der Waals surface area (Å²) in [7, 11) is 0. The molecule has 3 aromatic rings. The first-order valence-corrected chi connectivity index (χ1v) is 9.83. The van der Waals surface area contributed by atoms with Crippen LogP contribution >= 0.6 is 11.6 Å². The lowest BCUT2D eigenvalue weighted by molar-refractivity contribution is 0.250. The van der Waals surface area contributed by atoms with Crippen molar-refractivity contribution in [3.8, 4) is 11.8 Å². The highest BCUT2D eigenvalue weighted by molar-refractivity contribution is 6.33. The zero-order chi connectivity index (χ0) is 20.2. The standard InChI is InChI=1S/C22H20ClN5O/c23-21-20(15-25-28(22(21)29)19-4-2-1-3-5-19)27-12-10-26(11-13-27)16-18-8-6-17(14-24)7-9-18/h1-9,15H,10-13,16H2. The second-order valence-electron chi connectivity index (χ2n) is 6.97. The van der Waals surface area contributed by atoms with Crippen LogP contribution < -0.4 is 10.5 Å². The molecule has 29 heavy (non-hydrogen) atoms. The van der Waals surface area contributed by atoms with Crippen molar-refractivity contribution in [1.29, 1.82) is 5.26 Å². The molecule has 1 saturated heterocycles. The molecule has 6 nitrogen and oxygen atoms in total. The first-order valence-electron chi connectivity index (χ1n) is 9.45. The van der Waals surface area contributed by atoms with Crippen molar-refractivity contribution in [3.63, 3.8) is 0 Å². The third-order valence-corrected chi connectivity index (χ3v) is 5.46. The third-order valence-electron chi connectivity index (χ3n) is 5.10. The van der Waals surface area contributed by atoms with Crippen LogP contribution in [0, 0.1) is 11.3 Å². The van der Waals surface area contributed by atoms with Crippen molar-refractivity contribution in [3.05, 3.63) is 87.3 Å². The van der Waals surface area contributed by atoms with E-state index in [1.165, 1.54) is 10.2 Å². The van der Waals surface area contributed by atoms with Crippen molar-refractivity contribution in [2.24, 2.45) is 0 Å². The van der Waals surface area contributed by atoms with E-state index in [9.17, 15) is 4.79 Å². The zero-order valence-electron chi connectivity index (χ0n) is 15.8. The molecule has 1 fully saturated rings. The Kier molecular flexibility index (Phi) is 5.61. The van der Waals surface area contributed by atoms with Crippen molar-refractivity contribution in [2.75, 3.05) is 31.1 Å². The van der Waals surface area contributed by atoms with Gasteiger partial charge in [0, 0.05) is 32.7 Å². The molecule has 2 heterocycles. The summed E-state index contributed by atoms with van der Waals surface area (Å²) < 4.78 is 1.33. The predicted octanol–water partition coefficient (Wildman–Crippen LogP) is 3.08. The Morgan fingerprint density at radius 3 is 2.34 bits per heavy atom. The van der Waals surface area contributed by atoms with Gasteiger partial charge in [0.15, 0.2) is 0 Å². The molecule has 0 unspecified atom stereocenters.